The highest BCUT2D eigenvalue weighted by Gasteiger charge is 2.22. The fourth-order valence-electron chi connectivity index (χ4n) is 1.87. The second kappa shape index (κ2) is 6.60. The van der Waals surface area contributed by atoms with Crippen LogP contribution in [0.15, 0.2) is 12.5 Å². The normalized spacial score (nSPS) is 14.2. The molecule has 2 amide bonds. The van der Waals surface area contributed by atoms with Crippen LogP contribution in [0, 0.1) is 0 Å². The maximum absolute atomic E-state index is 11.8. The van der Waals surface area contributed by atoms with Crippen molar-refractivity contribution in [1.29, 1.82) is 0 Å². The van der Waals surface area contributed by atoms with Gasteiger partial charge in [-0.05, 0) is 34.6 Å². The lowest BCUT2D eigenvalue weighted by Crippen LogP contribution is -2.35. The van der Waals surface area contributed by atoms with Gasteiger partial charge in [0.15, 0.2) is 0 Å². The van der Waals surface area contributed by atoms with Crippen LogP contribution in [0.25, 0.3) is 0 Å². The van der Waals surface area contributed by atoms with Crippen molar-refractivity contribution in [3.05, 3.63) is 18.2 Å². The van der Waals surface area contributed by atoms with E-state index in [9.17, 15) is 9.59 Å². The van der Waals surface area contributed by atoms with Gasteiger partial charge in [0.1, 0.15) is 11.6 Å². The number of nitrogens with one attached hydrogen (secondary N) is 2. The van der Waals surface area contributed by atoms with Gasteiger partial charge in [-0.25, -0.2) is 9.78 Å². The van der Waals surface area contributed by atoms with Crippen LogP contribution < -0.4 is 10.6 Å². The number of alkyl carbamates (subject to hydrolysis) is 1. The van der Waals surface area contributed by atoms with Crippen LogP contribution in [0.5, 0.6) is 0 Å². The SMILES string of the molecule is CNC(=O)C(C)n1cncc1C(C)NC(=O)OC(C)(C)C. The molecule has 2 N–H and O–H groups in total. The van der Waals surface area contributed by atoms with E-state index >= 15 is 0 Å². The van der Waals surface area contributed by atoms with Gasteiger partial charge in [0.2, 0.25) is 5.91 Å². The van der Waals surface area contributed by atoms with Crippen LogP contribution in [0.2, 0.25) is 0 Å². The fourth-order valence-corrected chi connectivity index (χ4v) is 1.87. The Balaban J connectivity index is 2.80. The van der Waals surface area contributed by atoms with E-state index in [-0.39, 0.29) is 11.9 Å². The molecule has 0 aliphatic rings. The number of amides is 2. The lowest BCUT2D eigenvalue weighted by molar-refractivity contribution is -0.123. The molecule has 2 unspecified atom stereocenters. The predicted octanol–water partition coefficient (Wildman–Crippen LogP) is 1.78. The van der Waals surface area contributed by atoms with Crippen LogP contribution in [0.1, 0.15) is 52.4 Å². The average molecular weight is 296 g/mol. The largest absolute Gasteiger partial charge is 0.444 e. The lowest BCUT2D eigenvalue weighted by atomic mass is 10.2. The zero-order valence-electron chi connectivity index (χ0n) is 13.4. The molecule has 0 spiro atoms. The monoisotopic (exact) mass is 296 g/mol. The molecule has 0 aliphatic carbocycles. The van der Waals surface area contributed by atoms with Crippen molar-refractivity contribution in [3.63, 3.8) is 0 Å². The van der Waals surface area contributed by atoms with Crippen molar-refractivity contribution in [3.8, 4) is 0 Å². The Labute approximate surface area is 125 Å². The molecule has 0 saturated heterocycles. The number of hydrogen-bond acceptors (Lipinski definition) is 4. The number of aromatic nitrogens is 2. The summed E-state index contributed by atoms with van der Waals surface area (Å²) in [7, 11) is 1.58. The second-order valence-electron chi connectivity index (χ2n) is 5.88. The topological polar surface area (TPSA) is 85.3 Å². The first-order valence-electron chi connectivity index (χ1n) is 6.88. The smallest absolute Gasteiger partial charge is 0.408 e. The zero-order valence-corrected chi connectivity index (χ0v) is 13.4. The van der Waals surface area contributed by atoms with Gasteiger partial charge in [-0.15, -0.1) is 0 Å². The van der Waals surface area contributed by atoms with Crippen molar-refractivity contribution < 1.29 is 14.3 Å². The Bertz CT molecular complexity index is 505. The molecule has 1 aromatic heterocycles. The third-order valence-electron chi connectivity index (χ3n) is 2.92. The van der Waals surface area contributed by atoms with E-state index < -0.39 is 17.7 Å². The highest BCUT2D eigenvalue weighted by Crippen LogP contribution is 2.18. The fraction of sp³-hybridized carbons (Fsp3) is 0.643. The molecule has 2 atom stereocenters. The summed E-state index contributed by atoms with van der Waals surface area (Å²) in [6.07, 6.45) is 2.69. The summed E-state index contributed by atoms with van der Waals surface area (Å²) in [5.41, 5.74) is 0.177. The quantitative estimate of drug-likeness (QED) is 0.887. The summed E-state index contributed by atoms with van der Waals surface area (Å²) >= 11 is 0. The van der Waals surface area contributed by atoms with E-state index in [2.05, 4.69) is 15.6 Å². The maximum Gasteiger partial charge on any atom is 0.408 e. The zero-order chi connectivity index (χ0) is 16.2. The van der Waals surface area contributed by atoms with Crippen LogP contribution in [0.3, 0.4) is 0 Å². The third-order valence-corrected chi connectivity index (χ3v) is 2.92. The molecule has 0 radical (unpaired) electrons. The minimum Gasteiger partial charge on any atom is -0.444 e. The maximum atomic E-state index is 11.8. The summed E-state index contributed by atoms with van der Waals surface area (Å²) in [5.74, 6) is -0.126. The van der Waals surface area contributed by atoms with Gasteiger partial charge >= 0.3 is 6.09 Å². The summed E-state index contributed by atoms with van der Waals surface area (Å²) in [5, 5.41) is 5.33. The van der Waals surface area contributed by atoms with Crippen LogP contribution in [-0.2, 0) is 9.53 Å². The van der Waals surface area contributed by atoms with Gasteiger partial charge in [0.05, 0.1) is 24.3 Å². The molecule has 0 saturated carbocycles. The summed E-state index contributed by atoms with van der Waals surface area (Å²) in [6, 6.07) is -0.732. The molecule has 0 fully saturated rings. The summed E-state index contributed by atoms with van der Waals surface area (Å²) in [6.45, 7) is 8.98. The van der Waals surface area contributed by atoms with Crippen molar-refractivity contribution in [2.24, 2.45) is 0 Å². The Kier molecular flexibility index (Phi) is 5.34. The van der Waals surface area contributed by atoms with E-state index in [0.29, 0.717) is 0 Å². The van der Waals surface area contributed by atoms with Gasteiger partial charge < -0.3 is 19.9 Å². The van der Waals surface area contributed by atoms with Crippen LogP contribution in [0.4, 0.5) is 4.79 Å². The van der Waals surface area contributed by atoms with E-state index in [4.69, 9.17) is 4.74 Å². The molecule has 0 aromatic carbocycles. The Morgan fingerprint density at radius 3 is 2.48 bits per heavy atom. The minimum atomic E-state index is -0.556. The van der Waals surface area contributed by atoms with Crippen molar-refractivity contribution in [1.82, 2.24) is 20.2 Å². The van der Waals surface area contributed by atoms with Crippen LogP contribution >= 0.6 is 0 Å². The van der Waals surface area contributed by atoms with Gasteiger partial charge in [-0.3, -0.25) is 4.79 Å². The van der Waals surface area contributed by atoms with Crippen molar-refractivity contribution in [2.45, 2.75) is 52.3 Å². The Morgan fingerprint density at radius 1 is 1.33 bits per heavy atom. The molecule has 0 bridgehead atoms. The molecular formula is C14H24N4O3. The number of ether oxygens (including phenoxy) is 1. The number of nitrogens with zero attached hydrogens (tertiary/aromatic N) is 2. The van der Waals surface area contributed by atoms with Crippen LogP contribution in [-0.4, -0.2) is 34.2 Å². The Morgan fingerprint density at radius 2 is 1.95 bits per heavy atom. The predicted molar refractivity (Wildman–Crippen MR) is 78.8 cm³/mol. The number of carbonyl (C=O) groups excluding carboxylic acids is 2. The molecule has 1 aromatic rings. The van der Waals surface area contributed by atoms with E-state index in [1.165, 1.54) is 0 Å². The number of rotatable bonds is 4. The number of hydrogen-bond donors (Lipinski definition) is 2. The third kappa shape index (κ3) is 4.77. The van der Waals surface area contributed by atoms with E-state index in [0.717, 1.165) is 5.69 Å². The Hall–Kier alpha value is -2.05. The van der Waals surface area contributed by atoms with Crippen molar-refractivity contribution in [2.75, 3.05) is 7.05 Å². The van der Waals surface area contributed by atoms with Gasteiger partial charge in [0, 0.05) is 7.05 Å². The van der Waals surface area contributed by atoms with E-state index in [1.54, 1.807) is 51.8 Å². The molecule has 21 heavy (non-hydrogen) atoms. The molecule has 7 heteroatoms. The molecule has 118 valence electrons. The lowest BCUT2D eigenvalue weighted by Gasteiger charge is -2.23. The average Bonchev–Trinajstić information content (AvgIpc) is 2.83. The standard InChI is InChI=1S/C14H24N4O3/c1-9(17-13(20)21-14(3,4)5)11-7-16-8-18(11)10(2)12(19)15-6/h7-10H,1-6H3,(H,15,19)(H,17,20). The molecule has 0 aliphatic heterocycles. The molecular weight excluding hydrogens is 272 g/mol. The van der Waals surface area contributed by atoms with Gasteiger partial charge in [-0.2, -0.15) is 0 Å². The number of carbonyl (C=O) groups is 2. The first-order chi connectivity index (χ1) is 9.65. The van der Waals surface area contributed by atoms with Crippen molar-refractivity contribution >= 4 is 12.0 Å². The second-order valence-corrected chi connectivity index (χ2v) is 5.88. The summed E-state index contributed by atoms with van der Waals surface area (Å²) in [4.78, 5) is 27.6. The van der Waals surface area contributed by atoms with Gasteiger partial charge in [0.25, 0.3) is 0 Å². The highest BCUT2D eigenvalue weighted by molar-refractivity contribution is 5.79. The number of imidazole rings is 1. The molecule has 7 nitrogen and oxygen atoms in total. The highest BCUT2D eigenvalue weighted by atomic mass is 16.6. The van der Waals surface area contributed by atoms with Gasteiger partial charge in [-0.1, -0.05) is 0 Å². The number of likely N-dealkylation sites (N-methyl/N-ethyl adjacent to an activating group) is 1. The van der Waals surface area contributed by atoms with E-state index in [1.807, 2.05) is 6.92 Å². The summed E-state index contributed by atoms with van der Waals surface area (Å²) < 4.78 is 6.94. The molecule has 1 heterocycles. The first kappa shape index (κ1) is 17.0. The first-order valence-corrected chi connectivity index (χ1v) is 6.88. The minimum absolute atomic E-state index is 0.126. The molecule has 1 rings (SSSR count).